The summed E-state index contributed by atoms with van der Waals surface area (Å²) in [5.74, 6) is 0.747. The SMILES string of the molecule is CNC(=O)c1ccc(NC(=O)C2=CSCCO2)cc1. The Kier molecular flexibility index (Phi) is 4.46. The monoisotopic (exact) mass is 278 g/mol. The molecule has 2 N–H and O–H groups in total. The van der Waals surface area contributed by atoms with E-state index in [-0.39, 0.29) is 11.8 Å². The van der Waals surface area contributed by atoms with Crippen molar-refractivity contribution in [1.82, 2.24) is 5.32 Å². The molecule has 5 nitrogen and oxygen atoms in total. The number of benzene rings is 1. The van der Waals surface area contributed by atoms with Crippen molar-refractivity contribution in [3.05, 3.63) is 41.0 Å². The summed E-state index contributed by atoms with van der Waals surface area (Å²) < 4.78 is 5.26. The van der Waals surface area contributed by atoms with Crippen LogP contribution in [0, 0.1) is 0 Å². The molecule has 6 heteroatoms. The topological polar surface area (TPSA) is 67.4 Å². The van der Waals surface area contributed by atoms with Crippen LogP contribution in [0.4, 0.5) is 5.69 Å². The van der Waals surface area contributed by atoms with Crippen molar-refractivity contribution in [2.75, 3.05) is 24.7 Å². The van der Waals surface area contributed by atoms with Crippen LogP contribution in [0.1, 0.15) is 10.4 Å². The second-order valence-electron chi connectivity index (χ2n) is 3.81. The quantitative estimate of drug-likeness (QED) is 0.881. The van der Waals surface area contributed by atoms with Crippen LogP contribution in [0.2, 0.25) is 0 Å². The molecule has 0 bridgehead atoms. The summed E-state index contributed by atoms with van der Waals surface area (Å²) in [5.41, 5.74) is 1.17. The summed E-state index contributed by atoms with van der Waals surface area (Å²) >= 11 is 1.55. The average molecular weight is 278 g/mol. The van der Waals surface area contributed by atoms with E-state index in [2.05, 4.69) is 10.6 Å². The highest BCUT2D eigenvalue weighted by molar-refractivity contribution is 8.02. The number of carbonyl (C=O) groups excluding carboxylic acids is 2. The fourth-order valence-corrected chi connectivity index (χ4v) is 2.15. The van der Waals surface area contributed by atoms with Crippen molar-refractivity contribution in [3.63, 3.8) is 0 Å². The van der Waals surface area contributed by atoms with E-state index < -0.39 is 0 Å². The van der Waals surface area contributed by atoms with Crippen LogP contribution in [0.3, 0.4) is 0 Å². The van der Waals surface area contributed by atoms with Gasteiger partial charge in [-0.25, -0.2) is 0 Å². The Bertz CT molecular complexity index is 511. The molecule has 100 valence electrons. The van der Waals surface area contributed by atoms with E-state index in [0.29, 0.717) is 23.6 Å². The third-order valence-electron chi connectivity index (χ3n) is 2.50. The Balaban J connectivity index is 2.01. The zero-order valence-corrected chi connectivity index (χ0v) is 11.3. The van der Waals surface area contributed by atoms with Crippen LogP contribution >= 0.6 is 11.8 Å². The summed E-state index contributed by atoms with van der Waals surface area (Å²) in [7, 11) is 1.57. The molecule has 1 aromatic carbocycles. The van der Waals surface area contributed by atoms with E-state index >= 15 is 0 Å². The van der Waals surface area contributed by atoms with Crippen LogP contribution in [0.5, 0.6) is 0 Å². The van der Waals surface area contributed by atoms with Crippen LogP contribution in [-0.4, -0.2) is 31.2 Å². The number of anilines is 1. The highest BCUT2D eigenvalue weighted by atomic mass is 32.2. The van der Waals surface area contributed by atoms with Gasteiger partial charge in [0.2, 0.25) is 0 Å². The lowest BCUT2D eigenvalue weighted by Gasteiger charge is -2.14. The first-order chi connectivity index (χ1) is 9.20. The summed E-state index contributed by atoms with van der Waals surface area (Å²) in [5, 5.41) is 6.96. The van der Waals surface area contributed by atoms with Crippen molar-refractivity contribution in [2.45, 2.75) is 0 Å². The number of ether oxygens (including phenoxy) is 1. The predicted molar refractivity (Wildman–Crippen MR) is 75.0 cm³/mol. The highest BCUT2D eigenvalue weighted by Crippen LogP contribution is 2.17. The lowest BCUT2D eigenvalue weighted by atomic mass is 10.2. The fraction of sp³-hybridized carbons (Fsp3) is 0.231. The molecule has 1 heterocycles. The van der Waals surface area contributed by atoms with Gasteiger partial charge in [-0.2, -0.15) is 0 Å². The molecule has 0 radical (unpaired) electrons. The van der Waals surface area contributed by atoms with Gasteiger partial charge in [0, 0.05) is 29.5 Å². The lowest BCUT2D eigenvalue weighted by molar-refractivity contribution is -0.116. The smallest absolute Gasteiger partial charge is 0.291 e. The minimum atomic E-state index is -0.278. The normalized spacial score (nSPS) is 14.1. The average Bonchev–Trinajstić information content (AvgIpc) is 2.48. The molecule has 0 aliphatic carbocycles. The largest absolute Gasteiger partial charge is 0.487 e. The summed E-state index contributed by atoms with van der Waals surface area (Å²) in [6.07, 6.45) is 0. The summed E-state index contributed by atoms with van der Waals surface area (Å²) in [6.45, 7) is 0.541. The Morgan fingerprint density at radius 1 is 1.21 bits per heavy atom. The third-order valence-corrected chi connectivity index (χ3v) is 3.29. The van der Waals surface area contributed by atoms with Gasteiger partial charge < -0.3 is 15.4 Å². The molecule has 0 aromatic heterocycles. The first kappa shape index (κ1) is 13.5. The number of hydrogen-bond donors (Lipinski definition) is 2. The van der Waals surface area contributed by atoms with E-state index in [9.17, 15) is 9.59 Å². The Labute approximate surface area is 115 Å². The van der Waals surface area contributed by atoms with E-state index in [1.165, 1.54) is 0 Å². The van der Waals surface area contributed by atoms with Gasteiger partial charge in [-0.3, -0.25) is 9.59 Å². The maximum absolute atomic E-state index is 11.8. The minimum absolute atomic E-state index is 0.160. The van der Waals surface area contributed by atoms with Crippen molar-refractivity contribution in [1.29, 1.82) is 0 Å². The molecular formula is C13H14N2O3S. The van der Waals surface area contributed by atoms with Gasteiger partial charge in [0.05, 0.1) is 6.61 Å². The molecule has 0 unspecified atom stereocenters. The van der Waals surface area contributed by atoms with Gasteiger partial charge in [-0.1, -0.05) is 0 Å². The molecule has 0 atom stereocenters. The Morgan fingerprint density at radius 3 is 2.53 bits per heavy atom. The minimum Gasteiger partial charge on any atom is -0.487 e. The summed E-state index contributed by atoms with van der Waals surface area (Å²) in [4.78, 5) is 23.2. The molecule has 0 saturated carbocycles. The number of nitrogens with one attached hydrogen (secondary N) is 2. The molecule has 2 rings (SSSR count). The van der Waals surface area contributed by atoms with E-state index in [1.54, 1.807) is 48.5 Å². The first-order valence-corrected chi connectivity index (χ1v) is 6.83. The standard InChI is InChI=1S/C13H14N2O3S/c1-14-12(16)9-2-4-10(5-3-9)15-13(17)11-8-19-7-6-18-11/h2-5,8H,6-7H2,1H3,(H,14,16)(H,15,17). The van der Waals surface area contributed by atoms with Gasteiger partial charge >= 0.3 is 0 Å². The zero-order valence-electron chi connectivity index (χ0n) is 10.4. The van der Waals surface area contributed by atoms with Crippen molar-refractivity contribution >= 4 is 29.3 Å². The van der Waals surface area contributed by atoms with Gasteiger partial charge in [-0.15, -0.1) is 11.8 Å². The molecule has 2 amide bonds. The van der Waals surface area contributed by atoms with Gasteiger partial charge in [0.15, 0.2) is 5.76 Å². The lowest BCUT2D eigenvalue weighted by Crippen LogP contribution is -2.19. The summed E-state index contributed by atoms with van der Waals surface area (Å²) in [6, 6.07) is 6.66. The van der Waals surface area contributed by atoms with Gasteiger partial charge in [0.25, 0.3) is 11.8 Å². The number of carbonyl (C=O) groups is 2. The third kappa shape index (κ3) is 3.51. The van der Waals surface area contributed by atoms with Crippen LogP contribution in [-0.2, 0) is 9.53 Å². The Hall–Kier alpha value is -1.95. The van der Waals surface area contributed by atoms with Crippen molar-refractivity contribution in [3.8, 4) is 0 Å². The molecule has 1 aliphatic heterocycles. The first-order valence-electron chi connectivity index (χ1n) is 5.79. The molecule has 0 spiro atoms. The van der Waals surface area contributed by atoms with Crippen LogP contribution < -0.4 is 10.6 Å². The van der Waals surface area contributed by atoms with Crippen molar-refractivity contribution < 1.29 is 14.3 Å². The number of rotatable bonds is 3. The number of amides is 2. The van der Waals surface area contributed by atoms with Crippen LogP contribution in [0.15, 0.2) is 35.4 Å². The second kappa shape index (κ2) is 6.29. The zero-order chi connectivity index (χ0) is 13.7. The Morgan fingerprint density at radius 2 is 1.95 bits per heavy atom. The maximum atomic E-state index is 11.8. The predicted octanol–water partition coefficient (Wildman–Crippen LogP) is 1.59. The van der Waals surface area contributed by atoms with E-state index in [1.807, 2.05) is 0 Å². The van der Waals surface area contributed by atoms with Crippen molar-refractivity contribution in [2.24, 2.45) is 0 Å². The second-order valence-corrected chi connectivity index (χ2v) is 4.79. The highest BCUT2D eigenvalue weighted by Gasteiger charge is 2.14. The number of thioether (sulfide) groups is 1. The van der Waals surface area contributed by atoms with E-state index in [0.717, 1.165) is 5.75 Å². The van der Waals surface area contributed by atoms with E-state index in [4.69, 9.17) is 4.74 Å². The molecule has 19 heavy (non-hydrogen) atoms. The van der Waals surface area contributed by atoms with Crippen LogP contribution in [0.25, 0.3) is 0 Å². The molecular weight excluding hydrogens is 264 g/mol. The molecule has 0 fully saturated rings. The fourth-order valence-electron chi connectivity index (χ4n) is 1.53. The molecule has 1 aromatic rings. The molecule has 0 saturated heterocycles. The molecule has 1 aliphatic rings. The van der Waals surface area contributed by atoms with Gasteiger partial charge in [0.1, 0.15) is 0 Å². The maximum Gasteiger partial charge on any atom is 0.291 e. The number of hydrogen-bond acceptors (Lipinski definition) is 4. The van der Waals surface area contributed by atoms with Gasteiger partial charge in [-0.05, 0) is 24.3 Å².